The van der Waals surface area contributed by atoms with Crippen LogP contribution in [0.2, 0.25) is 4.34 Å². The van der Waals surface area contributed by atoms with E-state index in [-0.39, 0.29) is 10.3 Å². The first-order valence-electron chi connectivity index (χ1n) is 6.74. The van der Waals surface area contributed by atoms with Crippen molar-refractivity contribution in [3.63, 3.8) is 0 Å². The molecule has 0 saturated carbocycles. The Kier molecular flexibility index (Phi) is 4.62. The Bertz CT molecular complexity index is 728. The van der Waals surface area contributed by atoms with Gasteiger partial charge in [-0.3, -0.25) is 0 Å². The van der Waals surface area contributed by atoms with Gasteiger partial charge in [0.2, 0.25) is 5.88 Å². The second kappa shape index (κ2) is 6.49. The van der Waals surface area contributed by atoms with Gasteiger partial charge in [0.1, 0.15) is 16.6 Å². The van der Waals surface area contributed by atoms with Gasteiger partial charge in [-0.25, -0.2) is 18.4 Å². The maximum atomic E-state index is 12.5. The molecular formula is C13H14ClN3O3S2. The minimum atomic E-state index is -3.45. The van der Waals surface area contributed by atoms with Gasteiger partial charge in [-0.15, -0.1) is 11.3 Å². The van der Waals surface area contributed by atoms with Gasteiger partial charge in [0.15, 0.2) is 0 Å². The summed E-state index contributed by atoms with van der Waals surface area (Å²) in [5.41, 5.74) is 0. The maximum Gasteiger partial charge on any atom is 0.252 e. The zero-order valence-corrected chi connectivity index (χ0v) is 13.9. The lowest BCUT2D eigenvalue weighted by molar-refractivity contribution is 0.130. The Hall–Kier alpha value is -1.22. The standard InChI is InChI=1S/C13H14ClN3O3S2/c14-11-1-2-13(21-11)22(18,19)17-7-4-10(5-8-17)20-12-3-6-15-9-16-12/h1-3,6,9-10H,4-5,7-8H2. The number of hydrogen-bond donors (Lipinski definition) is 0. The smallest absolute Gasteiger partial charge is 0.252 e. The zero-order chi connectivity index (χ0) is 15.6. The molecule has 1 aliphatic heterocycles. The van der Waals surface area contributed by atoms with Crippen LogP contribution in [0, 0.1) is 0 Å². The third-order valence-corrected chi connectivity index (χ3v) is 6.98. The molecule has 0 aliphatic carbocycles. The highest BCUT2D eigenvalue weighted by molar-refractivity contribution is 7.91. The number of ether oxygens (including phenoxy) is 1. The molecule has 22 heavy (non-hydrogen) atoms. The molecule has 3 heterocycles. The summed E-state index contributed by atoms with van der Waals surface area (Å²) in [5, 5.41) is 0. The lowest BCUT2D eigenvalue weighted by Gasteiger charge is -2.30. The molecule has 9 heteroatoms. The van der Waals surface area contributed by atoms with Gasteiger partial charge in [-0.2, -0.15) is 4.31 Å². The van der Waals surface area contributed by atoms with E-state index in [2.05, 4.69) is 9.97 Å². The lowest BCUT2D eigenvalue weighted by atomic mass is 10.1. The van der Waals surface area contributed by atoms with Crippen LogP contribution in [0.4, 0.5) is 0 Å². The average Bonchev–Trinajstić information content (AvgIpc) is 2.96. The number of sulfonamides is 1. The summed E-state index contributed by atoms with van der Waals surface area (Å²) in [7, 11) is -3.45. The van der Waals surface area contributed by atoms with Crippen molar-refractivity contribution in [3.8, 4) is 5.88 Å². The van der Waals surface area contributed by atoms with E-state index in [1.807, 2.05) is 0 Å². The Balaban J connectivity index is 1.62. The first-order chi connectivity index (χ1) is 10.6. The molecule has 6 nitrogen and oxygen atoms in total. The van der Waals surface area contributed by atoms with Gasteiger partial charge in [0.25, 0.3) is 10.0 Å². The second-order valence-electron chi connectivity index (χ2n) is 4.83. The Morgan fingerprint density at radius 1 is 1.27 bits per heavy atom. The van der Waals surface area contributed by atoms with Crippen molar-refractivity contribution in [2.24, 2.45) is 0 Å². The fourth-order valence-electron chi connectivity index (χ4n) is 2.27. The van der Waals surface area contributed by atoms with Crippen LogP contribution in [-0.2, 0) is 10.0 Å². The average molecular weight is 360 g/mol. The van der Waals surface area contributed by atoms with Crippen LogP contribution in [0.5, 0.6) is 5.88 Å². The summed E-state index contributed by atoms with van der Waals surface area (Å²) in [4.78, 5) is 7.84. The monoisotopic (exact) mass is 359 g/mol. The summed E-state index contributed by atoms with van der Waals surface area (Å²) in [5.74, 6) is 0.515. The molecule has 2 aromatic heterocycles. The molecule has 1 aliphatic rings. The predicted octanol–water partition coefficient (Wildman–Crippen LogP) is 2.42. The molecule has 118 valence electrons. The number of halogens is 1. The molecule has 0 bridgehead atoms. The van der Waals surface area contributed by atoms with Crippen LogP contribution < -0.4 is 4.74 Å². The van der Waals surface area contributed by atoms with Gasteiger partial charge in [-0.1, -0.05) is 11.6 Å². The van der Waals surface area contributed by atoms with E-state index in [9.17, 15) is 8.42 Å². The lowest BCUT2D eigenvalue weighted by Crippen LogP contribution is -2.41. The van der Waals surface area contributed by atoms with Crippen LogP contribution in [0.25, 0.3) is 0 Å². The summed E-state index contributed by atoms with van der Waals surface area (Å²) >= 11 is 6.90. The van der Waals surface area contributed by atoms with Crippen LogP contribution >= 0.6 is 22.9 Å². The van der Waals surface area contributed by atoms with Crippen LogP contribution in [0.1, 0.15) is 12.8 Å². The number of thiophene rings is 1. The Morgan fingerprint density at radius 3 is 2.64 bits per heavy atom. The predicted molar refractivity (Wildman–Crippen MR) is 83.8 cm³/mol. The minimum Gasteiger partial charge on any atom is -0.474 e. The SMILES string of the molecule is O=S(=O)(c1ccc(Cl)s1)N1CCC(Oc2ccncn2)CC1. The van der Waals surface area contributed by atoms with Crippen molar-refractivity contribution in [2.75, 3.05) is 13.1 Å². The molecule has 1 fully saturated rings. The van der Waals surface area contributed by atoms with E-state index in [1.165, 1.54) is 10.6 Å². The normalized spacial score (nSPS) is 17.5. The summed E-state index contributed by atoms with van der Waals surface area (Å²) in [6.07, 6.45) is 4.26. The van der Waals surface area contributed by atoms with E-state index in [0.717, 1.165) is 11.3 Å². The van der Waals surface area contributed by atoms with E-state index in [0.29, 0.717) is 36.1 Å². The van der Waals surface area contributed by atoms with Crippen molar-refractivity contribution < 1.29 is 13.2 Å². The molecular weight excluding hydrogens is 346 g/mol. The molecule has 0 aromatic carbocycles. The van der Waals surface area contributed by atoms with E-state index in [1.54, 1.807) is 24.4 Å². The zero-order valence-electron chi connectivity index (χ0n) is 11.6. The van der Waals surface area contributed by atoms with Crippen molar-refractivity contribution in [1.82, 2.24) is 14.3 Å². The Labute approximate surface area is 137 Å². The summed E-state index contributed by atoms with van der Waals surface area (Å²) < 4.78 is 32.9. The molecule has 3 rings (SSSR count). The van der Waals surface area contributed by atoms with Crippen LogP contribution in [0.3, 0.4) is 0 Å². The third kappa shape index (κ3) is 3.40. The van der Waals surface area contributed by atoms with E-state index in [4.69, 9.17) is 16.3 Å². The van der Waals surface area contributed by atoms with Crippen molar-refractivity contribution in [3.05, 3.63) is 35.1 Å². The van der Waals surface area contributed by atoms with Crippen LogP contribution in [0.15, 0.2) is 34.9 Å². The molecule has 1 saturated heterocycles. The fourth-order valence-corrected chi connectivity index (χ4v) is 5.38. The number of aromatic nitrogens is 2. The first-order valence-corrected chi connectivity index (χ1v) is 9.37. The largest absolute Gasteiger partial charge is 0.474 e. The highest BCUT2D eigenvalue weighted by Gasteiger charge is 2.31. The number of hydrogen-bond acceptors (Lipinski definition) is 6. The molecule has 0 N–H and O–H groups in total. The Morgan fingerprint density at radius 2 is 2.05 bits per heavy atom. The quantitative estimate of drug-likeness (QED) is 0.838. The molecule has 0 spiro atoms. The highest BCUT2D eigenvalue weighted by Crippen LogP contribution is 2.30. The number of nitrogens with zero attached hydrogens (tertiary/aromatic N) is 3. The molecule has 2 aromatic rings. The van der Waals surface area contributed by atoms with Gasteiger partial charge < -0.3 is 4.74 Å². The minimum absolute atomic E-state index is 0.0340. The van der Waals surface area contributed by atoms with E-state index < -0.39 is 10.0 Å². The molecule has 0 amide bonds. The third-order valence-electron chi connectivity index (χ3n) is 3.39. The maximum absolute atomic E-state index is 12.5. The summed E-state index contributed by atoms with van der Waals surface area (Å²) in [6.45, 7) is 0.848. The van der Waals surface area contributed by atoms with E-state index >= 15 is 0 Å². The molecule has 0 radical (unpaired) electrons. The van der Waals surface area contributed by atoms with Gasteiger partial charge in [0, 0.05) is 25.4 Å². The van der Waals surface area contributed by atoms with Gasteiger partial charge in [-0.05, 0) is 25.0 Å². The van der Waals surface area contributed by atoms with Gasteiger partial charge >= 0.3 is 0 Å². The van der Waals surface area contributed by atoms with Crippen molar-refractivity contribution >= 4 is 33.0 Å². The van der Waals surface area contributed by atoms with Crippen molar-refractivity contribution in [1.29, 1.82) is 0 Å². The first kappa shape index (κ1) is 15.7. The van der Waals surface area contributed by atoms with Crippen LogP contribution in [-0.4, -0.2) is 41.9 Å². The number of piperidine rings is 1. The highest BCUT2D eigenvalue weighted by atomic mass is 35.5. The number of rotatable bonds is 4. The van der Waals surface area contributed by atoms with Crippen molar-refractivity contribution in [2.45, 2.75) is 23.2 Å². The molecule has 0 unspecified atom stereocenters. The topological polar surface area (TPSA) is 72.4 Å². The van der Waals surface area contributed by atoms with Gasteiger partial charge in [0.05, 0.1) is 4.34 Å². The second-order valence-corrected chi connectivity index (χ2v) is 8.71. The fraction of sp³-hybridized carbons (Fsp3) is 0.385. The summed E-state index contributed by atoms with van der Waals surface area (Å²) in [6, 6.07) is 4.84. The molecule has 0 atom stereocenters.